The molecule has 2 nitrogen and oxygen atoms in total. The summed E-state index contributed by atoms with van der Waals surface area (Å²) >= 11 is 0. The number of carbonyl (C=O) groups excluding carboxylic acids is 1. The van der Waals surface area contributed by atoms with Gasteiger partial charge in [0.1, 0.15) is 6.61 Å². The molecule has 0 spiro atoms. The standard InChI is InChI=1S/C8H14O2/c1-2-3-4-5-6-8(10)7-9/h5-6,9H,2-4,7H2,1H3. The predicted molar refractivity (Wildman–Crippen MR) is 40.8 cm³/mol. The normalized spacial score (nSPS) is 10.6. The Hall–Kier alpha value is -0.630. The van der Waals surface area contributed by atoms with Gasteiger partial charge in [0.2, 0.25) is 0 Å². The maximum Gasteiger partial charge on any atom is 0.180 e. The smallest absolute Gasteiger partial charge is 0.180 e. The highest BCUT2D eigenvalue weighted by Crippen LogP contribution is 1.94. The highest BCUT2D eigenvalue weighted by Gasteiger charge is 1.88. The quantitative estimate of drug-likeness (QED) is 0.464. The maximum absolute atomic E-state index is 10.4. The van der Waals surface area contributed by atoms with Crippen LogP contribution in [0.2, 0.25) is 0 Å². The van der Waals surface area contributed by atoms with Gasteiger partial charge in [-0.1, -0.05) is 25.8 Å². The molecule has 0 bridgehead atoms. The summed E-state index contributed by atoms with van der Waals surface area (Å²) in [7, 11) is 0. The Bertz CT molecular complexity index is 116. The largest absolute Gasteiger partial charge is 0.388 e. The van der Waals surface area contributed by atoms with Crippen molar-refractivity contribution in [3.8, 4) is 0 Å². The van der Waals surface area contributed by atoms with Crippen LogP contribution in [0.25, 0.3) is 0 Å². The Morgan fingerprint density at radius 3 is 2.80 bits per heavy atom. The molecule has 2 heteroatoms. The fourth-order valence-electron chi connectivity index (χ4n) is 0.589. The Morgan fingerprint density at radius 2 is 2.30 bits per heavy atom. The third-order valence-electron chi connectivity index (χ3n) is 1.18. The van der Waals surface area contributed by atoms with Crippen molar-refractivity contribution in [3.63, 3.8) is 0 Å². The summed E-state index contributed by atoms with van der Waals surface area (Å²) in [6.45, 7) is 1.73. The van der Waals surface area contributed by atoms with Gasteiger partial charge in [0.25, 0.3) is 0 Å². The van der Waals surface area contributed by atoms with E-state index < -0.39 is 0 Å². The first-order chi connectivity index (χ1) is 4.81. The number of allylic oxidation sites excluding steroid dienone is 1. The second-order valence-electron chi connectivity index (χ2n) is 2.17. The van der Waals surface area contributed by atoms with Crippen LogP contribution in [0.1, 0.15) is 26.2 Å². The molecule has 0 rings (SSSR count). The predicted octanol–water partition coefficient (Wildman–Crippen LogP) is 1.29. The van der Waals surface area contributed by atoms with E-state index in [1.165, 1.54) is 6.08 Å². The fourth-order valence-corrected chi connectivity index (χ4v) is 0.589. The zero-order chi connectivity index (χ0) is 7.82. The molecule has 0 aliphatic rings. The summed E-state index contributed by atoms with van der Waals surface area (Å²) in [5.74, 6) is -0.212. The lowest BCUT2D eigenvalue weighted by molar-refractivity contribution is -0.117. The zero-order valence-electron chi connectivity index (χ0n) is 6.34. The molecule has 1 N–H and O–H groups in total. The summed E-state index contributed by atoms with van der Waals surface area (Å²) in [4.78, 5) is 10.4. The van der Waals surface area contributed by atoms with Crippen LogP contribution in [0.15, 0.2) is 12.2 Å². The van der Waals surface area contributed by atoms with Crippen LogP contribution in [0.5, 0.6) is 0 Å². The minimum Gasteiger partial charge on any atom is -0.388 e. The Kier molecular flexibility index (Phi) is 6.08. The van der Waals surface area contributed by atoms with E-state index in [0.717, 1.165) is 19.3 Å². The number of rotatable bonds is 5. The van der Waals surface area contributed by atoms with Gasteiger partial charge in [-0.3, -0.25) is 4.79 Å². The van der Waals surface area contributed by atoms with Gasteiger partial charge in [0.15, 0.2) is 5.78 Å². The molecule has 0 aromatic rings. The molecule has 0 fully saturated rings. The summed E-state index contributed by atoms with van der Waals surface area (Å²) in [6.07, 6.45) is 6.42. The van der Waals surface area contributed by atoms with Crippen molar-refractivity contribution in [1.82, 2.24) is 0 Å². The van der Waals surface area contributed by atoms with E-state index in [0.29, 0.717) is 0 Å². The molecule has 0 atom stereocenters. The molecule has 0 aromatic heterocycles. The van der Waals surface area contributed by atoms with Gasteiger partial charge in [-0.2, -0.15) is 0 Å². The van der Waals surface area contributed by atoms with Gasteiger partial charge >= 0.3 is 0 Å². The van der Waals surface area contributed by atoms with Crippen molar-refractivity contribution in [3.05, 3.63) is 12.2 Å². The zero-order valence-corrected chi connectivity index (χ0v) is 6.34. The number of hydrogen-bond acceptors (Lipinski definition) is 2. The first-order valence-corrected chi connectivity index (χ1v) is 3.61. The second-order valence-corrected chi connectivity index (χ2v) is 2.17. The average molecular weight is 142 g/mol. The van der Waals surface area contributed by atoms with Crippen molar-refractivity contribution < 1.29 is 9.90 Å². The van der Waals surface area contributed by atoms with E-state index in [2.05, 4.69) is 6.92 Å². The monoisotopic (exact) mass is 142 g/mol. The molecule has 0 aliphatic heterocycles. The first-order valence-electron chi connectivity index (χ1n) is 3.61. The van der Waals surface area contributed by atoms with Crippen molar-refractivity contribution >= 4 is 5.78 Å². The summed E-state index contributed by atoms with van der Waals surface area (Å²) in [5.41, 5.74) is 0. The molecule has 0 saturated carbocycles. The molecule has 0 aliphatic carbocycles. The Balaban J connectivity index is 3.27. The molecule has 0 aromatic carbocycles. The molecule has 0 heterocycles. The third kappa shape index (κ3) is 5.51. The van der Waals surface area contributed by atoms with E-state index in [1.807, 2.05) is 6.08 Å². The lowest BCUT2D eigenvalue weighted by Crippen LogP contribution is -1.97. The number of carbonyl (C=O) groups is 1. The van der Waals surface area contributed by atoms with Crippen molar-refractivity contribution in [2.75, 3.05) is 6.61 Å². The van der Waals surface area contributed by atoms with Gasteiger partial charge in [-0.05, 0) is 12.5 Å². The van der Waals surface area contributed by atoms with Crippen molar-refractivity contribution in [2.24, 2.45) is 0 Å². The highest BCUT2D eigenvalue weighted by molar-refractivity contribution is 5.90. The Morgan fingerprint density at radius 1 is 1.60 bits per heavy atom. The lowest BCUT2D eigenvalue weighted by atomic mass is 10.2. The van der Waals surface area contributed by atoms with Gasteiger partial charge in [0.05, 0.1) is 0 Å². The van der Waals surface area contributed by atoms with E-state index >= 15 is 0 Å². The van der Waals surface area contributed by atoms with Gasteiger partial charge < -0.3 is 5.11 Å². The first kappa shape index (κ1) is 9.37. The average Bonchev–Trinajstić information content (AvgIpc) is 1.98. The summed E-state index contributed by atoms with van der Waals surface area (Å²) in [5, 5.41) is 8.29. The number of aliphatic hydroxyl groups excluding tert-OH is 1. The number of unbranched alkanes of at least 4 members (excludes halogenated alkanes) is 2. The van der Waals surface area contributed by atoms with Crippen LogP contribution in [-0.4, -0.2) is 17.5 Å². The van der Waals surface area contributed by atoms with Crippen LogP contribution < -0.4 is 0 Å². The van der Waals surface area contributed by atoms with Crippen LogP contribution >= 0.6 is 0 Å². The molecule has 58 valence electrons. The molecule has 0 amide bonds. The maximum atomic E-state index is 10.4. The number of aliphatic hydroxyl groups is 1. The molecule has 0 unspecified atom stereocenters. The molecule has 0 saturated heterocycles. The minimum absolute atomic E-state index is 0.212. The highest BCUT2D eigenvalue weighted by atomic mass is 16.3. The SMILES string of the molecule is CCCCC=CC(=O)CO. The van der Waals surface area contributed by atoms with E-state index in [1.54, 1.807) is 0 Å². The minimum atomic E-state index is -0.372. The number of hydrogen-bond donors (Lipinski definition) is 1. The fraction of sp³-hybridized carbons (Fsp3) is 0.625. The Labute approximate surface area is 61.6 Å². The van der Waals surface area contributed by atoms with Gasteiger partial charge in [0, 0.05) is 0 Å². The van der Waals surface area contributed by atoms with Crippen LogP contribution in [0.4, 0.5) is 0 Å². The van der Waals surface area contributed by atoms with Gasteiger partial charge in [-0.15, -0.1) is 0 Å². The van der Waals surface area contributed by atoms with E-state index in [-0.39, 0.29) is 12.4 Å². The van der Waals surface area contributed by atoms with E-state index in [4.69, 9.17) is 5.11 Å². The van der Waals surface area contributed by atoms with Gasteiger partial charge in [-0.25, -0.2) is 0 Å². The van der Waals surface area contributed by atoms with Crippen LogP contribution in [0, 0.1) is 0 Å². The molecular weight excluding hydrogens is 128 g/mol. The summed E-state index contributed by atoms with van der Waals surface area (Å²) in [6, 6.07) is 0. The van der Waals surface area contributed by atoms with Crippen LogP contribution in [0.3, 0.4) is 0 Å². The number of ketones is 1. The van der Waals surface area contributed by atoms with E-state index in [9.17, 15) is 4.79 Å². The topological polar surface area (TPSA) is 37.3 Å². The molecular formula is C8H14O2. The summed E-state index contributed by atoms with van der Waals surface area (Å²) < 4.78 is 0. The lowest BCUT2D eigenvalue weighted by Gasteiger charge is -1.87. The molecule has 10 heavy (non-hydrogen) atoms. The van der Waals surface area contributed by atoms with Crippen LogP contribution in [-0.2, 0) is 4.79 Å². The van der Waals surface area contributed by atoms with Crippen molar-refractivity contribution in [1.29, 1.82) is 0 Å². The molecule has 0 radical (unpaired) electrons. The van der Waals surface area contributed by atoms with Crippen molar-refractivity contribution in [2.45, 2.75) is 26.2 Å². The second kappa shape index (κ2) is 6.49. The third-order valence-corrected chi connectivity index (χ3v) is 1.18.